The predicted molar refractivity (Wildman–Crippen MR) is 118 cm³/mol. The molecule has 1 saturated carbocycles. The van der Waals surface area contributed by atoms with Crippen molar-refractivity contribution < 1.29 is 9.59 Å². The van der Waals surface area contributed by atoms with E-state index in [0.717, 1.165) is 23.3 Å². The van der Waals surface area contributed by atoms with E-state index in [-0.39, 0.29) is 30.0 Å². The zero-order chi connectivity index (χ0) is 20.9. The van der Waals surface area contributed by atoms with Crippen molar-refractivity contribution in [3.8, 4) is 10.7 Å². The second-order valence-corrected chi connectivity index (χ2v) is 9.12. The fraction of sp³-hybridized carbons (Fsp3) is 0.333. The van der Waals surface area contributed by atoms with Gasteiger partial charge >= 0.3 is 0 Å². The maximum Gasteiger partial charge on any atom is 0.230 e. The second kappa shape index (κ2) is 9.44. The fourth-order valence-electron chi connectivity index (χ4n) is 3.32. The zero-order valence-corrected chi connectivity index (χ0v) is 18.0. The Kier molecular flexibility index (Phi) is 6.49. The molecule has 1 aliphatic carbocycles. The third-order valence-electron chi connectivity index (χ3n) is 4.94. The van der Waals surface area contributed by atoms with Gasteiger partial charge in [0.05, 0.1) is 16.7 Å². The van der Waals surface area contributed by atoms with Gasteiger partial charge in [-0.2, -0.15) is 0 Å². The van der Waals surface area contributed by atoms with Crippen molar-refractivity contribution in [2.75, 3.05) is 5.75 Å². The zero-order valence-electron chi connectivity index (χ0n) is 16.4. The van der Waals surface area contributed by atoms with Crippen LogP contribution in [0.25, 0.3) is 10.7 Å². The van der Waals surface area contributed by atoms with E-state index in [1.165, 1.54) is 11.8 Å². The van der Waals surface area contributed by atoms with E-state index in [1.54, 1.807) is 11.3 Å². The van der Waals surface area contributed by atoms with Crippen LogP contribution in [0.15, 0.2) is 53.0 Å². The summed E-state index contributed by atoms with van der Waals surface area (Å²) >= 11 is 2.87. The quantitative estimate of drug-likeness (QED) is 0.470. The highest BCUT2D eigenvalue weighted by atomic mass is 32.2. The molecule has 0 bridgehead atoms. The highest BCUT2D eigenvalue weighted by molar-refractivity contribution is 7.99. The average molecular weight is 442 g/mol. The number of thiophene rings is 1. The molecule has 2 aromatic heterocycles. The van der Waals surface area contributed by atoms with Crippen LogP contribution in [0.4, 0.5) is 0 Å². The van der Waals surface area contributed by atoms with Gasteiger partial charge in [-0.05, 0) is 35.8 Å². The molecule has 2 amide bonds. The summed E-state index contributed by atoms with van der Waals surface area (Å²) < 4.78 is 1.87. The smallest absolute Gasteiger partial charge is 0.230 e. The number of nitrogens with two attached hydrogens (primary N) is 1. The Balaban J connectivity index is 1.43. The number of hydrogen-bond acceptors (Lipinski definition) is 6. The molecule has 3 N–H and O–H groups in total. The van der Waals surface area contributed by atoms with Gasteiger partial charge in [0.25, 0.3) is 0 Å². The number of carbonyl (C=O) groups excluding carboxylic acids is 2. The summed E-state index contributed by atoms with van der Waals surface area (Å²) in [6.07, 6.45) is 2.46. The van der Waals surface area contributed by atoms with Crippen molar-refractivity contribution in [1.29, 1.82) is 0 Å². The van der Waals surface area contributed by atoms with Crippen LogP contribution in [0.2, 0.25) is 0 Å². The lowest BCUT2D eigenvalue weighted by atomic mass is 10.0. The van der Waals surface area contributed by atoms with Crippen LogP contribution in [-0.2, 0) is 16.1 Å². The van der Waals surface area contributed by atoms with Crippen LogP contribution < -0.4 is 11.1 Å². The van der Waals surface area contributed by atoms with Crippen LogP contribution in [-0.4, -0.2) is 32.3 Å². The summed E-state index contributed by atoms with van der Waals surface area (Å²) in [6.45, 7) is 0.383. The van der Waals surface area contributed by atoms with Crippen LogP contribution in [0.5, 0.6) is 0 Å². The lowest BCUT2D eigenvalue weighted by molar-refractivity contribution is -0.119. The fourth-order valence-corrected chi connectivity index (χ4v) is 4.81. The summed E-state index contributed by atoms with van der Waals surface area (Å²) in [7, 11) is 0. The molecular weight excluding hydrogens is 418 g/mol. The van der Waals surface area contributed by atoms with Gasteiger partial charge < -0.3 is 15.6 Å². The van der Waals surface area contributed by atoms with E-state index in [4.69, 9.17) is 5.73 Å². The minimum atomic E-state index is -0.385. The van der Waals surface area contributed by atoms with Gasteiger partial charge in [-0.1, -0.05) is 48.2 Å². The molecule has 0 aliphatic heterocycles. The number of benzene rings is 1. The highest BCUT2D eigenvalue weighted by Crippen LogP contribution is 2.41. The number of thioether (sulfide) groups is 1. The van der Waals surface area contributed by atoms with Crippen molar-refractivity contribution in [1.82, 2.24) is 20.1 Å². The topological polar surface area (TPSA) is 103 Å². The number of aromatic nitrogens is 3. The first-order valence-electron chi connectivity index (χ1n) is 9.84. The molecule has 0 saturated heterocycles. The van der Waals surface area contributed by atoms with Crippen LogP contribution >= 0.6 is 23.1 Å². The Morgan fingerprint density at radius 2 is 2.00 bits per heavy atom. The number of hydrogen-bond donors (Lipinski definition) is 2. The molecule has 156 valence electrons. The summed E-state index contributed by atoms with van der Waals surface area (Å²) in [4.78, 5) is 24.9. The van der Waals surface area contributed by atoms with Gasteiger partial charge in [0.15, 0.2) is 11.0 Å². The molecule has 0 radical (unpaired) electrons. The van der Waals surface area contributed by atoms with E-state index < -0.39 is 0 Å². The number of amides is 2. The van der Waals surface area contributed by atoms with Gasteiger partial charge in [0.2, 0.25) is 11.8 Å². The standard InChI is InChI=1S/C21H23N5O2S2/c22-17(27)10-11-26-20(16-7-4-12-29-16)24-25-21(26)30-13-18(28)23-19(15-8-9-15)14-5-2-1-3-6-14/h1-7,12,15,19H,8-11,13H2,(H2,22,27)(H,23,28). The van der Waals surface area contributed by atoms with Crippen molar-refractivity contribution in [2.24, 2.45) is 11.7 Å². The Morgan fingerprint density at radius 3 is 2.67 bits per heavy atom. The Bertz CT molecular complexity index is 1000. The van der Waals surface area contributed by atoms with Gasteiger partial charge in [-0.15, -0.1) is 21.5 Å². The minimum absolute atomic E-state index is 0.0390. The summed E-state index contributed by atoms with van der Waals surface area (Å²) in [6, 6.07) is 14.0. The third kappa shape index (κ3) is 5.09. The molecule has 9 heteroatoms. The molecule has 1 unspecified atom stereocenters. The number of nitrogens with zero attached hydrogens (tertiary/aromatic N) is 3. The predicted octanol–water partition coefficient (Wildman–Crippen LogP) is 3.24. The summed E-state index contributed by atoms with van der Waals surface area (Å²) in [5, 5.41) is 14.3. The van der Waals surface area contributed by atoms with E-state index in [1.807, 2.05) is 40.3 Å². The lowest BCUT2D eigenvalue weighted by Gasteiger charge is -2.18. The van der Waals surface area contributed by atoms with Crippen LogP contribution in [0.1, 0.15) is 30.9 Å². The van der Waals surface area contributed by atoms with Gasteiger partial charge in [0, 0.05) is 13.0 Å². The Morgan fingerprint density at radius 1 is 1.20 bits per heavy atom. The van der Waals surface area contributed by atoms with Crippen LogP contribution in [0, 0.1) is 5.92 Å². The minimum Gasteiger partial charge on any atom is -0.370 e. The molecule has 1 aliphatic rings. The van der Waals surface area contributed by atoms with E-state index in [0.29, 0.717) is 23.4 Å². The van der Waals surface area contributed by atoms with Crippen molar-refractivity contribution in [2.45, 2.75) is 37.0 Å². The molecule has 1 atom stereocenters. The molecule has 0 spiro atoms. The first kappa shape index (κ1) is 20.6. The van der Waals surface area contributed by atoms with Crippen molar-refractivity contribution >= 4 is 34.9 Å². The highest BCUT2D eigenvalue weighted by Gasteiger charge is 2.33. The number of primary amides is 1. The van der Waals surface area contributed by atoms with Crippen molar-refractivity contribution in [3.05, 3.63) is 53.4 Å². The molecule has 3 aromatic rings. The van der Waals surface area contributed by atoms with E-state index >= 15 is 0 Å². The second-order valence-electron chi connectivity index (χ2n) is 7.23. The Hall–Kier alpha value is -2.65. The largest absolute Gasteiger partial charge is 0.370 e. The Labute approximate surface area is 183 Å². The van der Waals surface area contributed by atoms with Crippen molar-refractivity contribution in [3.63, 3.8) is 0 Å². The number of carbonyl (C=O) groups is 2. The summed E-state index contributed by atoms with van der Waals surface area (Å²) in [5.74, 6) is 1.00. The monoisotopic (exact) mass is 441 g/mol. The molecule has 1 aromatic carbocycles. The van der Waals surface area contributed by atoms with Gasteiger partial charge in [-0.25, -0.2) is 0 Å². The van der Waals surface area contributed by atoms with E-state index in [9.17, 15) is 9.59 Å². The summed E-state index contributed by atoms with van der Waals surface area (Å²) in [5.41, 5.74) is 6.47. The van der Waals surface area contributed by atoms with Crippen LogP contribution in [0.3, 0.4) is 0 Å². The van der Waals surface area contributed by atoms with Gasteiger partial charge in [0.1, 0.15) is 0 Å². The number of rotatable bonds is 10. The molecule has 4 rings (SSSR count). The first-order valence-corrected chi connectivity index (χ1v) is 11.7. The number of nitrogens with one attached hydrogen (secondary N) is 1. The molecule has 2 heterocycles. The van der Waals surface area contributed by atoms with Gasteiger partial charge in [-0.3, -0.25) is 9.59 Å². The maximum atomic E-state index is 12.7. The molecule has 1 fully saturated rings. The van der Waals surface area contributed by atoms with E-state index in [2.05, 4.69) is 27.6 Å². The normalized spacial score (nSPS) is 14.4. The lowest BCUT2D eigenvalue weighted by Crippen LogP contribution is -2.31. The SMILES string of the molecule is NC(=O)CCn1c(SCC(=O)NC(c2ccccc2)C2CC2)nnc1-c1cccs1. The maximum absolute atomic E-state index is 12.7. The average Bonchev–Trinajstić information content (AvgIpc) is 3.28. The molecule has 30 heavy (non-hydrogen) atoms. The molecule has 7 nitrogen and oxygen atoms in total. The third-order valence-corrected chi connectivity index (χ3v) is 6.77. The molecular formula is C21H23N5O2S2. The first-order chi connectivity index (χ1) is 14.6.